The highest BCUT2D eigenvalue weighted by Gasteiger charge is 2.27. The minimum absolute atomic E-state index is 0.0659. The molecule has 0 atom stereocenters. The van der Waals surface area contributed by atoms with Crippen LogP contribution in [0.1, 0.15) is 22.4 Å². The summed E-state index contributed by atoms with van der Waals surface area (Å²) in [6.07, 6.45) is 0.650. The Kier molecular flexibility index (Phi) is 6.08. The molecule has 1 aliphatic heterocycles. The Labute approximate surface area is 203 Å². The van der Waals surface area contributed by atoms with Crippen molar-refractivity contribution in [1.29, 1.82) is 0 Å². The molecular formula is C25H23F2N5O2S. The maximum Gasteiger partial charge on any atom is 0.346 e. The minimum Gasteiger partial charge on any atom is -0.327 e. The molecule has 3 heterocycles. The molecule has 0 radical (unpaired) electrons. The maximum absolute atomic E-state index is 12.9. The fraction of sp³-hybridized carbons (Fsp3) is 0.240. The summed E-state index contributed by atoms with van der Waals surface area (Å²) in [7, 11) is 0. The predicted octanol–water partition coefficient (Wildman–Crippen LogP) is 4.34. The van der Waals surface area contributed by atoms with Crippen molar-refractivity contribution in [2.45, 2.75) is 32.9 Å². The zero-order valence-corrected chi connectivity index (χ0v) is 19.8. The number of aryl methyl sites for hydroxylation is 2. The normalized spacial score (nSPS) is 13.4. The van der Waals surface area contributed by atoms with E-state index in [1.807, 2.05) is 43.3 Å². The molecule has 35 heavy (non-hydrogen) atoms. The molecule has 180 valence electrons. The monoisotopic (exact) mass is 495 g/mol. The molecule has 0 spiro atoms. The van der Waals surface area contributed by atoms with Gasteiger partial charge in [-0.05, 0) is 54.1 Å². The van der Waals surface area contributed by atoms with Gasteiger partial charge in [-0.25, -0.2) is 9.48 Å². The second kappa shape index (κ2) is 9.20. The highest BCUT2D eigenvalue weighted by atomic mass is 32.1. The van der Waals surface area contributed by atoms with Crippen LogP contribution in [0.4, 0.5) is 20.2 Å². The Morgan fingerprint density at radius 3 is 2.74 bits per heavy atom. The molecule has 0 bridgehead atoms. The van der Waals surface area contributed by atoms with Gasteiger partial charge in [0, 0.05) is 33.8 Å². The van der Waals surface area contributed by atoms with Gasteiger partial charge in [0.15, 0.2) is 0 Å². The number of benzene rings is 2. The summed E-state index contributed by atoms with van der Waals surface area (Å²) in [4.78, 5) is 28.2. The van der Waals surface area contributed by atoms with E-state index in [4.69, 9.17) is 5.73 Å². The molecule has 0 unspecified atom stereocenters. The van der Waals surface area contributed by atoms with Crippen LogP contribution >= 0.6 is 11.3 Å². The number of nitrogens with zero attached hydrogens (tertiary/aromatic N) is 4. The fourth-order valence-corrected chi connectivity index (χ4v) is 5.48. The van der Waals surface area contributed by atoms with Crippen LogP contribution in [0.15, 0.2) is 65.2 Å². The summed E-state index contributed by atoms with van der Waals surface area (Å²) in [5.74, 6) is 0.0659. The van der Waals surface area contributed by atoms with Gasteiger partial charge in [0.1, 0.15) is 6.33 Å². The number of nitrogens with two attached hydrogens (primary N) is 1. The number of thiophene rings is 1. The molecule has 1 amide bonds. The van der Waals surface area contributed by atoms with Crippen LogP contribution < -0.4 is 16.3 Å². The summed E-state index contributed by atoms with van der Waals surface area (Å²) in [6, 6.07) is 14.0. The van der Waals surface area contributed by atoms with E-state index in [0.29, 0.717) is 6.42 Å². The molecule has 10 heteroatoms. The van der Waals surface area contributed by atoms with E-state index >= 15 is 0 Å². The number of carbonyl (C=O) groups is 1. The molecule has 1 aliphatic rings. The summed E-state index contributed by atoms with van der Waals surface area (Å²) >= 11 is 1.53. The van der Waals surface area contributed by atoms with Crippen molar-refractivity contribution < 1.29 is 13.6 Å². The molecule has 2 aromatic carbocycles. The van der Waals surface area contributed by atoms with Gasteiger partial charge < -0.3 is 5.73 Å². The van der Waals surface area contributed by atoms with Gasteiger partial charge in [0.2, 0.25) is 5.91 Å². The number of rotatable bonds is 6. The number of aromatic nitrogens is 3. The first-order valence-corrected chi connectivity index (χ1v) is 12.0. The molecule has 0 saturated heterocycles. The first kappa shape index (κ1) is 23.1. The SMILES string of the molecule is Cc1cccc2c1N(c1ccc3sc(Cn4cnn(CC(CN)=C(F)F)c4=O)cc3c1)C(=O)CC2. The third-order valence-electron chi connectivity index (χ3n) is 6.19. The standard InChI is InChI=1S/C25H23F2N5O2S/c1-15-3-2-4-16-5-8-22(33)32(23(15)16)19-6-7-21-17(9-19)10-20(35-21)13-30-14-29-31(25(30)34)12-18(11-28)24(26)27/h2-4,6-7,9-10,14H,5,8,11-13,28H2,1H3. The highest BCUT2D eigenvalue weighted by Crippen LogP contribution is 2.39. The van der Waals surface area contributed by atoms with Crippen LogP contribution in [-0.4, -0.2) is 26.8 Å². The lowest BCUT2D eigenvalue weighted by molar-refractivity contribution is -0.118. The van der Waals surface area contributed by atoms with Gasteiger partial charge in [-0.15, -0.1) is 11.3 Å². The number of carbonyl (C=O) groups excluding carboxylic acids is 1. The largest absolute Gasteiger partial charge is 0.346 e. The Bertz CT molecular complexity index is 1530. The molecule has 0 saturated carbocycles. The van der Waals surface area contributed by atoms with E-state index in [0.717, 1.165) is 48.6 Å². The maximum atomic E-state index is 12.9. The van der Waals surface area contributed by atoms with Gasteiger partial charge >= 0.3 is 5.69 Å². The Morgan fingerprint density at radius 2 is 1.97 bits per heavy atom. The number of anilines is 2. The highest BCUT2D eigenvalue weighted by molar-refractivity contribution is 7.19. The number of para-hydroxylation sites is 1. The third kappa shape index (κ3) is 4.30. The number of hydrogen-bond donors (Lipinski definition) is 1. The minimum atomic E-state index is -1.89. The molecule has 5 rings (SSSR count). The van der Waals surface area contributed by atoms with Crippen molar-refractivity contribution in [3.8, 4) is 0 Å². The number of amides is 1. The second-order valence-corrected chi connectivity index (χ2v) is 9.68. The molecule has 7 nitrogen and oxygen atoms in total. The van der Waals surface area contributed by atoms with Gasteiger partial charge in [0.05, 0.1) is 18.8 Å². The lowest BCUT2D eigenvalue weighted by Gasteiger charge is -2.31. The lowest BCUT2D eigenvalue weighted by atomic mass is 9.97. The van der Waals surface area contributed by atoms with Crippen LogP contribution in [0.5, 0.6) is 0 Å². The van der Waals surface area contributed by atoms with Gasteiger partial charge in [0.25, 0.3) is 6.08 Å². The Hall–Kier alpha value is -3.63. The Balaban J connectivity index is 1.44. The summed E-state index contributed by atoms with van der Waals surface area (Å²) in [5, 5.41) is 4.92. The molecular weight excluding hydrogens is 472 g/mol. The first-order valence-electron chi connectivity index (χ1n) is 11.1. The van der Waals surface area contributed by atoms with Crippen LogP contribution in [0.25, 0.3) is 10.1 Å². The predicted molar refractivity (Wildman–Crippen MR) is 132 cm³/mol. The molecule has 2 N–H and O–H groups in total. The average Bonchev–Trinajstić information content (AvgIpc) is 3.40. The van der Waals surface area contributed by atoms with E-state index in [1.54, 1.807) is 4.90 Å². The van der Waals surface area contributed by atoms with Gasteiger partial charge in [-0.3, -0.25) is 14.3 Å². The third-order valence-corrected chi connectivity index (χ3v) is 7.29. The first-order chi connectivity index (χ1) is 16.9. The lowest BCUT2D eigenvalue weighted by Crippen LogP contribution is -2.31. The smallest absolute Gasteiger partial charge is 0.327 e. The second-order valence-electron chi connectivity index (χ2n) is 8.51. The van der Waals surface area contributed by atoms with E-state index in [9.17, 15) is 18.4 Å². The molecule has 0 aliphatic carbocycles. The van der Waals surface area contributed by atoms with Gasteiger partial charge in [-0.1, -0.05) is 18.2 Å². The fourth-order valence-electron chi connectivity index (χ4n) is 4.43. The van der Waals surface area contributed by atoms with E-state index in [1.165, 1.54) is 22.2 Å². The number of halogens is 2. The van der Waals surface area contributed by atoms with Crippen LogP contribution in [-0.2, 0) is 24.3 Å². The zero-order valence-electron chi connectivity index (χ0n) is 19.0. The number of fused-ring (bicyclic) bond motifs is 2. The van der Waals surface area contributed by atoms with Crippen molar-refractivity contribution in [3.63, 3.8) is 0 Å². The quantitative estimate of drug-likeness (QED) is 0.431. The summed E-state index contributed by atoms with van der Waals surface area (Å²) < 4.78 is 29.2. The van der Waals surface area contributed by atoms with Crippen LogP contribution in [0, 0.1) is 6.92 Å². The van der Waals surface area contributed by atoms with Crippen molar-refractivity contribution in [1.82, 2.24) is 14.3 Å². The van der Waals surface area contributed by atoms with E-state index in [2.05, 4.69) is 11.2 Å². The molecule has 2 aromatic heterocycles. The van der Waals surface area contributed by atoms with E-state index < -0.39 is 11.8 Å². The van der Waals surface area contributed by atoms with Crippen molar-refractivity contribution >= 4 is 38.7 Å². The molecule has 4 aromatic rings. The average molecular weight is 496 g/mol. The Morgan fingerprint density at radius 1 is 1.14 bits per heavy atom. The summed E-state index contributed by atoms with van der Waals surface area (Å²) in [5.41, 5.74) is 8.51. The topological polar surface area (TPSA) is 86.2 Å². The van der Waals surface area contributed by atoms with Crippen molar-refractivity contribution in [3.05, 3.63) is 86.9 Å². The van der Waals surface area contributed by atoms with Crippen molar-refractivity contribution in [2.24, 2.45) is 5.73 Å². The van der Waals surface area contributed by atoms with Crippen molar-refractivity contribution in [2.75, 3.05) is 11.4 Å². The van der Waals surface area contributed by atoms with E-state index in [-0.39, 0.29) is 31.1 Å². The van der Waals surface area contributed by atoms with Gasteiger partial charge in [-0.2, -0.15) is 13.9 Å². The number of hydrogen-bond acceptors (Lipinski definition) is 5. The molecule has 0 fully saturated rings. The summed E-state index contributed by atoms with van der Waals surface area (Å²) in [6.45, 7) is 1.59. The van der Waals surface area contributed by atoms with Crippen LogP contribution in [0.2, 0.25) is 0 Å². The zero-order chi connectivity index (χ0) is 24.7. The van der Waals surface area contributed by atoms with Crippen LogP contribution in [0.3, 0.4) is 0 Å².